The van der Waals surface area contributed by atoms with E-state index in [1.54, 1.807) is 13.8 Å². The van der Waals surface area contributed by atoms with Gasteiger partial charge in [-0.05, 0) is 50.2 Å². The number of carbonyl (C=O) groups is 1. The molecule has 2 aliphatic rings. The van der Waals surface area contributed by atoms with Gasteiger partial charge in [-0.15, -0.1) is 0 Å². The first-order valence-corrected chi connectivity index (χ1v) is 15.3. The first-order chi connectivity index (χ1) is 18.0. The first kappa shape index (κ1) is 28.7. The van der Waals surface area contributed by atoms with Crippen molar-refractivity contribution in [1.82, 2.24) is 8.61 Å². The third kappa shape index (κ3) is 6.30. The van der Waals surface area contributed by atoms with Crippen molar-refractivity contribution in [1.29, 1.82) is 0 Å². The lowest BCUT2D eigenvalue weighted by Crippen LogP contribution is -2.40. The summed E-state index contributed by atoms with van der Waals surface area (Å²) in [6.07, 6.45) is -0.256. The smallest absolute Gasteiger partial charge is 0.255 e. The van der Waals surface area contributed by atoms with Crippen LogP contribution < -0.4 is 10.1 Å². The molecule has 0 atom stereocenters. The van der Waals surface area contributed by atoms with Crippen molar-refractivity contribution in [2.45, 2.75) is 29.7 Å². The number of amides is 1. The van der Waals surface area contributed by atoms with Gasteiger partial charge in [0.25, 0.3) is 5.91 Å². The van der Waals surface area contributed by atoms with Gasteiger partial charge in [0.2, 0.25) is 20.0 Å². The lowest BCUT2D eigenvalue weighted by atomic mass is 10.2. The molecule has 1 N–H and O–H groups in total. The highest BCUT2D eigenvalue weighted by Crippen LogP contribution is 2.32. The van der Waals surface area contributed by atoms with Crippen molar-refractivity contribution < 1.29 is 35.8 Å². The second-order valence-corrected chi connectivity index (χ2v) is 13.2. The fourth-order valence-electron chi connectivity index (χ4n) is 4.02. The molecule has 2 saturated heterocycles. The van der Waals surface area contributed by atoms with E-state index in [0.717, 1.165) is 0 Å². The maximum absolute atomic E-state index is 13.3. The van der Waals surface area contributed by atoms with Crippen LogP contribution in [-0.4, -0.2) is 90.1 Å². The van der Waals surface area contributed by atoms with E-state index in [0.29, 0.717) is 13.2 Å². The minimum Gasteiger partial charge on any atom is -0.489 e. The number of sulfonamides is 2. The highest BCUT2D eigenvalue weighted by molar-refractivity contribution is 7.89. The summed E-state index contributed by atoms with van der Waals surface area (Å²) in [6, 6.07) is 8.19. The summed E-state index contributed by atoms with van der Waals surface area (Å²) in [5.74, 6) is -0.390. The Morgan fingerprint density at radius 1 is 0.895 bits per heavy atom. The summed E-state index contributed by atoms with van der Waals surface area (Å²) in [4.78, 5) is 13.1. The quantitative estimate of drug-likeness (QED) is 0.498. The summed E-state index contributed by atoms with van der Waals surface area (Å²) in [5.41, 5.74) is 0.156. The van der Waals surface area contributed by atoms with E-state index >= 15 is 0 Å². The van der Waals surface area contributed by atoms with Crippen LogP contribution in [0.4, 0.5) is 5.69 Å². The normalized spacial score (nSPS) is 17.9. The number of ether oxygens (including phenoxy) is 3. The number of benzene rings is 2. The predicted molar refractivity (Wildman–Crippen MR) is 141 cm³/mol. The lowest BCUT2D eigenvalue weighted by Gasteiger charge is -2.26. The number of morpholine rings is 2. The Morgan fingerprint density at radius 3 is 2.05 bits per heavy atom. The first-order valence-electron chi connectivity index (χ1n) is 12.1. The zero-order valence-electron chi connectivity index (χ0n) is 21.1. The van der Waals surface area contributed by atoms with Gasteiger partial charge in [-0.3, -0.25) is 4.79 Å². The molecule has 11 nitrogen and oxygen atoms in total. The molecule has 0 spiro atoms. The molecule has 1 amide bonds. The number of hydrogen-bond donors (Lipinski definition) is 1. The zero-order valence-corrected chi connectivity index (χ0v) is 23.4. The summed E-state index contributed by atoms with van der Waals surface area (Å²) >= 11 is 6.22. The molecule has 2 fully saturated rings. The Morgan fingerprint density at radius 2 is 1.47 bits per heavy atom. The molecular formula is C24H30ClN3O8S2. The highest BCUT2D eigenvalue weighted by atomic mass is 35.5. The van der Waals surface area contributed by atoms with Crippen molar-refractivity contribution in [2.24, 2.45) is 0 Å². The number of rotatable bonds is 8. The van der Waals surface area contributed by atoms with Crippen LogP contribution in [0.15, 0.2) is 46.2 Å². The van der Waals surface area contributed by atoms with Crippen LogP contribution in [0.25, 0.3) is 0 Å². The van der Waals surface area contributed by atoms with Gasteiger partial charge in [0, 0.05) is 31.7 Å². The van der Waals surface area contributed by atoms with Crippen LogP contribution in [0.5, 0.6) is 5.75 Å². The Bertz CT molecular complexity index is 1390. The summed E-state index contributed by atoms with van der Waals surface area (Å²) in [5, 5.41) is 2.66. The van der Waals surface area contributed by atoms with Crippen LogP contribution in [-0.2, 0) is 29.5 Å². The fourth-order valence-corrected chi connectivity index (χ4v) is 7.37. The summed E-state index contributed by atoms with van der Waals surface area (Å²) in [7, 11) is -7.80. The molecule has 0 aromatic heterocycles. The molecule has 2 aliphatic heterocycles. The molecule has 0 bridgehead atoms. The molecule has 0 radical (unpaired) electrons. The minimum atomic E-state index is -3.96. The second kappa shape index (κ2) is 11.9. The van der Waals surface area contributed by atoms with Crippen molar-refractivity contribution in [2.75, 3.05) is 57.9 Å². The van der Waals surface area contributed by atoms with Crippen LogP contribution in [0.2, 0.25) is 5.02 Å². The average Bonchev–Trinajstić information content (AvgIpc) is 2.90. The van der Waals surface area contributed by atoms with Crippen LogP contribution >= 0.6 is 11.6 Å². The molecule has 0 unspecified atom stereocenters. The molecule has 208 valence electrons. The van der Waals surface area contributed by atoms with Gasteiger partial charge in [-0.2, -0.15) is 8.61 Å². The monoisotopic (exact) mass is 587 g/mol. The molecule has 14 heteroatoms. The topological polar surface area (TPSA) is 132 Å². The molecule has 0 saturated carbocycles. The van der Waals surface area contributed by atoms with Crippen molar-refractivity contribution in [3.05, 3.63) is 47.0 Å². The Kier molecular flexibility index (Phi) is 8.97. The Balaban J connectivity index is 1.65. The Hall–Kier alpha value is -2.26. The van der Waals surface area contributed by atoms with E-state index in [-0.39, 0.29) is 77.3 Å². The van der Waals surface area contributed by atoms with Crippen molar-refractivity contribution in [3.63, 3.8) is 0 Å². The van der Waals surface area contributed by atoms with E-state index in [1.807, 2.05) is 0 Å². The number of halogens is 1. The maximum Gasteiger partial charge on any atom is 0.255 e. The fraction of sp³-hybridized carbons (Fsp3) is 0.458. The lowest BCUT2D eigenvalue weighted by molar-refractivity contribution is 0.0730. The van der Waals surface area contributed by atoms with Gasteiger partial charge < -0.3 is 19.5 Å². The van der Waals surface area contributed by atoms with Crippen molar-refractivity contribution in [3.8, 4) is 5.75 Å². The molecular weight excluding hydrogens is 558 g/mol. The number of nitrogens with one attached hydrogen (secondary N) is 1. The van der Waals surface area contributed by atoms with Gasteiger partial charge in [0.15, 0.2) is 0 Å². The second-order valence-electron chi connectivity index (χ2n) is 8.96. The molecule has 2 aromatic carbocycles. The van der Waals surface area contributed by atoms with Gasteiger partial charge in [0.05, 0.1) is 48.1 Å². The van der Waals surface area contributed by atoms with Gasteiger partial charge in [-0.25, -0.2) is 16.8 Å². The largest absolute Gasteiger partial charge is 0.489 e. The van der Waals surface area contributed by atoms with Gasteiger partial charge >= 0.3 is 0 Å². The average molecular weight is 588 g/mol. The van der Waals surface area contributed by atoms with Crippen LogP contribution in [0.3, 0.4) is 0 Å². The molecule has 4 rings (SSSR count). The minimum absolute atomic E-state index is 0.0162. The molecule has 38 heavy (non-hydrogen) atoms. The van der Waals surface area contributed by atoms with E-state index in [9.17, 15) is 21.6 Å². The maximum atomic E-state index is 13.3. The standard InChI is InChI=1S/C24H30ClN3O8S2/c1-17(2)36-22-6-4-19(37(30,31)27-7-11-34-12-8-27)16-21(22)26-24(29)18-3-5-20(25)23(15-18)38(32,33)28-9-13-35-14-10-28/h3-6,15-17H,7-14H2,1-2H3,(H,26,29). The number of anilines is 1. The molecule has 0 aliphatic carbocycles. The van der Waals surface area contributed by atoms with Crippen LogP contribution in [0, 0.1) is 0 Å². The van der Waals surface area contributed by atoms with E-state index in [2.05, 4.69) is 5.32 Å². The van der Waals surface area contributed by atoms with Crippen molar-refractivity contribution >= 4 is 43.2 Å². The third-order valence-electron chi connectivity index (χ3n) is 5.95. The Labute approximate surface area is 227 Å². The zero-order chi connectivity index (χ0) is 27.5. The predicted octanol–water partition coefficient (Wildman–Crippen LogP) is 2.42. The third-order valence-corrected chi connectivity index (χ3v) is 10.2. The highest BCUT2D eigenvalue weighted by Gasteiger charge is 2.30. The van der Waals surface area contributed by atoms with E-state index in [4.69, 9.17) is 25.8 Å². The van der Waals surface area contributed by atoms with E-state index < -0.39 is 26.0 Å². The number of carbonyl (C=O) groups excluding carboxylic acids is 1. The van der Waals surface area contributed by atoms with Gasteiger partial charge in [-0.1, -0.05) is 11.6 Å². The van der Waals surface area contributed by atoms with Crippen LogP contribution in [0.1, 0.15) is 24.2 Å². The van der Waals surface area contributed by atoms with E-state index in [1.165, 1.54) is 45.0 Å². The number of nitrogens with zero attached hydrogens (tertiary/aromatic N) is 2. The molecule has 2 heterocycles. The van der Waals surface area contributed by atoms with Gasteiger partial charge in [0.1, 0.15) is 10.6 Å². The summed E-state index contributed by atoms with van der Waals surface area (Å²) < 4.78 is 71.6. The summed E-state index contributed by atoms with van der Waals surface area (Å²) in [6.45, 7) is 5.51. The number of hydrogen-bond acceptors (Lipinski definition) is 8. The SMILES string of the molecule is CC(C)Oc1ccc(S(=O)(=O)N2CCOCC2)cc1NC(=O)c1ccc(Cl)c(S(=O)(=O)N2CCOCC2)c1. The molecule has 2 aromatic rings.